The molecule has 5 nitrogen and oxygen atoms in total. The Hall–Kier alpha value is -0.666. The van der Waals surface area contributed by atoms with Crippen LogP contribution < -0.4 is 0 Å². The van der Waals surface area contributed by atoms with Gasteiger partial charge < -0.3 is 13.6 Å². The number of rotatable bonds is 10. The van der Waals surface area contributed by atoms with Crippen molar-refractivity contribution < 1.29 is 23.2 Å². The number of hydrogen-bond acceptors (Lipinski definition) is 5. The van der Waals surface area contributed by atoms with E-state index in [0.29, 0.717) is 28.6 Å². The molecule has 0 spiro atoms. The van der Waals surface area contributed by atoms with Crippen molar-refractivity contribution in [2.75, 3.05) is 13.2 Å². The van der Waals surface area contributed by atoms with Gasteiger partial charge in [-0.1, -0.05) is 6.92 Å². The maximum Gasteiger partial charge on any atom is 0.311 e. The molecule has 0 aromatic rings. The molecule has 21 heavy (non-hydrogen) atoms. The van der Waals surface area contributed by atoms with Gasteiger partial charge in [0, 0.05) is 6.42 Å². The minimum atomic E-state index is -1.49. The monoisotopic (exact) mass is 332 g/mol. The van der Waals surface area contributed by atoms with Gasteiger partial charge in [0.2, 0.25) is 9.76 Å². The molecule has 0 aromatic heterocycles. The average molecular weight is 333 g/mol. The molecule has 0 aliphatic carbocycles. The van der Waals surface area contributed by atoms with E-state index in [1.807, 2.05) is 20.8 Å². The van der Waals surface area contributed by atoms with Crippen LogP contribution in [0.5, 0.6) is 0 Å². The first-order valence-corrected chi connectivity index (χ1v) is 11.8. The van der Waals surface area contributed by atoms with Crippen LogP contribution in [-0.2, 0) is 23.2 Å². The number of ether oxygens (including phenoxy) is 2. The standard InChI is InChI=1S/C14H28O5Si2/c1-7-14(2,3)13(16)18-10-9-17-12(15)8-11-20-19-21(4,5)6/h7-11H2,1-6H3. The molecular weight excluding hydrogens is 304 g/mol. The van der Waals surface area contributed by atoms with Gasteiger partial charge in [0.15, 0.2) is 8.32 Å². The summed E-state index contributed by atoms with van der Waals surface area (Å²) < 4.78 is 15.8. The molecule has 0 fully saturated rings. The van der Waals surface area contributed by atoms with Gasteiger partial charge in [-0.05, 0) is 46.0 Å². The Morgan fingerprint density at radius 3 is 2.19 bits per heavy atom. The first-order valence-electron chi connectivity index (χ1n) is 7.32. The second-order valence-electron chi connectivity index (χ2n) is 6.45. The zero-order chi connectivity index (χ0) is 16.5. The fraction of sp³-hybridized carbons (Fsp3) is 0.857. The van der Waals surface area contributed by atoms with Gasteiger partial charge in [-0.3, -0.25) is 9.59 Å². The fourth-order valence-electron chi connectivity index (χ4n) is 1.12. The summed E-state index contributed by atoms with van der Waals surface area (Å²) in [6.45, 7) is 12.2. The van der Waals surface area contributed by atoms with Crippen LogP contribution in [0.4, 0.5) is 0 Å². The normalized spacial score (nSPS) is 12.1. The summed E-state index contributed by atoms with van der Waals surface area (Å²) in [5, 5.41) is 0. The summed E-state index contributed by atoms with van der Waals surface area (Å²) in [6, 6.07) is 0.686. The summed E-state index contributed by atoms with van der Waals surface area (Å²) in [5.74, 6) is -0.529. The van der Waals surface area contributed by atoms with Crippen LogP contribution in [0.3, 0.4) is 0 Å². The van der Waals surface area contributed by atoms with E-state index in [9.17, 15) is 9.59 Å². The Kier molecular flexibility index (Phi) is 9.07. The third kappa shape index (κ3) is 10.7. The Morgan fingerprint density at radius 2 is 1.67 bits per heavy atom. The van der Waals surface area contributed by atoms with E-state index in [4.69, 9.17) is 13.6 Å². The zero-order valence-electron chi connectivity index (χ0n) is 14.1. The minimum Gasteiger partial charge on any atom is -0.462 e. The molecule has 0 saturated heterocycles. The van der Waals surface area contributed by atoms with E-state index in [1.165, 1.54) is 0 Å². The third-order valence-electron chi connectivity index (χ3n) is 2.83. The predicted molar refractivity (Wildman–Crippen MR) is 85.6 cm³/mol. The second kappa shape index (κ2) is 9.37. The van der Waals surface area contributed by atoms with Crippen LogP contribution in [0.25, 0.3) is 0 Å². The average Bonchev–Trinajstić information content (AvgIpc) is 2.38. The van der Waals surface area contributed by atoms with Crippen molar-refractivity contribution in [1.82, 2.24) is 0 Å². The Balaban J connectivity index is 3.65. The lowest BCUT2D eigenvalue weighted by Gasteiger charge is -2.20. The molecule has 0 unspecified atom stereocenters. The Labute approximate surface area is 131 Å². The number of hydrogen-bond donors (Lipinski definition) is 0. The molecule has 7 heteroatoms. The van der Waals surface area contributed by atoms with E-state index in [-0.39, 0.29) is 25.2 Å². The van der Waals surface area contributed by atoms with E-state index in [1.54, 1.807) is 0 Å². The second-order valence-corrected chi connectivity index (χ2v) is 12.3. The van der Waals surface area contributed by atoms with Crippen LogP contribution in [0, 0.1) is 5.41 Å². The van der Waals surface area contributed by atoms with Crippen molar-refractivity contribution in [2.45, 2.75) is 59.3 Å². The summed E-state index contributed by atoms with van der Waals surface area (Å²) >= 11 is 0. The van der Waals surface area contributed by atoms with Crippen molar-refractivity contribution in [3.63, 3.8) is 0 Å². The molecule has 0 rings (SSSR count). The first kappa shape index (κ1) is 20.3. The smallest absolute Gasteiger partial charge is 0.311 e. The number of esters is 2. The fourth-order valence-corrected chi connectivity index (χ4v) is 3.57. The largest absolute Gasteiger partial charge is 0.462 e. The van der Waals surface area contributed by atoms with Crippen molar-refractivity contribution >= 4 is 30.0 Å². The first-order chi connectivity index (χ1) is 9.58. The van der Waals surface area contributed by atoms with Crippen molar-refractivity contribution in [1.29, 1.82) is 0 Å². The van der Waals surface area contributed by atoms with Gasteiger partial charge in [-0.15, -0.1) is 0 Å². The number of carbonyl (C=O) groups is 2. The maximum absolute atomic E-state index is 11.7. The van der Waals surface area contributed by atoms with Crippen LogP contribution in [0.2, 0.25) is 25.7 Å². The Morgan fingerprint density at radius 1 is 1.10 bits per heavy atom. The molecule has 0 atom stereocenters. The summed E-state index contributed by atoms with van der Waals surface area (Å²) in [5.41, 5.74) is -0.487. The minimum absolute atomic E-state index is 0.113. The van der Waals surface area contributed by atoms with Gasteiger partial charge in [-0.2, -0.15) is 0 Å². The topological polar surface area (TPSA) is 61.8 Å². The summed E-state index contributed by atoms with van der Waals surface area (Å²) in [7, 11) is -1.15. The van der Waals surface area contributed by atoms with Gasteiger partial charge >= 0.3 is 11.9 Å². The lowest BCUT2D eigenvalue weighted by atomic mass is 9.91. The van der Waals surface area contributed by atoms with Gasteiger partial charge in [0.1, 0.15) is 13.2 Å². The molecule has 0 saturated carbocycles. The van der Waals surface area contributed by atoms with E-state index < -0.39 is 13.7 Å². The molecule has 2 radical (unpaired) electrons. The highest BCUT2D eigenvalue weighted by molar-refractivity contribution is 6.73. The molecule has 0 aliphatic rings. The summed E-state index contributed by atoms with van der Waals surface area (Å²) in [6.07, 6.45) is 1.06. The SMILES string of the molecule is CCC(C)(C)C(=O)OCCOC(=O)CC[Si]O[Si](C)(C)C. The Bertz CT molecular complexity index is 337. The van der Waals surface area contributed by atoms with Crippen molar-refractivity contribution in [3.8, 4) is 0 Å². The van der Waals surface area contributed by atoms with E-state index in [2.05, 4.69) is 19.6 Å². The quantitative estimate of drug-likeness (QED) is 0.350. The van der Waals surface area contributed by atoms with Crippen LogP contribution >= 0.6 is 0 Å². The van der Waals surface area contributed by atoms with Crippen molar-refractivity contribution in [3.05, 3.63) is 0 Å². The van der Waals surface area contributed by atoms with E-state index in [0.717, 1.165) is 0 Å². The van der Waals surface area contributed by atoms with Crippen LogP contribution in [-0.4, -0.2) is 43.2 Å². The molecule has 0 aliphatic heterocycles. The van der Waals surface area contributed by atoms with Gasteiger partial charge in [0.05, 0.1) is 5.41 Å². The van der Waals surface area contributed by atoms with E-state index >= 15 is 0 Å². The molecular formula is C14H28O5Si2. The maximum atomic E-state index is 11.7. The zero-order valence-corrected chi connectivity index (χ0v) is 16.1. The van der Waals surface area contributed by atoms with Crippen molar-refractivity contribution in [2.24, 2.45) is 5.41 Å². The molecule has 0 bridgehead atoms. The van der Waals surface area contributed by atoms with Crippen LogP contribution in [0.15, 0.2) is 0 Å². The highest BCUT2D eigenvalue weighted by Gasteiger charge is 2.26. The molecule has 0 heterocycles. The van der Waals surface area contributed by atoms with Gasteiger partial charge in [-0.25, -0.2) is 0 Å². The molecule has 122 valence electrons. The third-order valence-corrected chi connectivity index (χ3v) is 6.31. The molecule has 0 N–H and O–H groups in total. The highest BCUT2D eigenvalue weighted by Crippen LogP contribution is 2.21. The molecule has 0 aromatic carbocycles. The highest BCUT2D eigenvalue weighted by atomic mass is 28.4. The van der Waals surface area contributed by atoms with Gasteiger partial charge in [0.25, 0.3) is 0 Å². The predicted octanol–water partition coefficient (Wildman–Crippen LogP) is 2.79. The molecule has 0 amide bonds. The van der Waals surface area contributed by atoms with Crippen LogP contribution in [0.1, 0.15) is 33.6 Å². The number of carbonyl (C=O) groups excluding carboxylic acids is 2. The lowest BCUT2D eigenvalue weighted by molar-refractivity contribution is -0.159. The summed E-state index contributed by atoms with van der Waals surface area (Å²) in [4.78, 5) is 23.1. The lowest BCUT2D eigenvalue weighted by Crippen LogP contribution is -2.28.